The van der Waals surface area contributed by atoms with Gasteiger partial charge >= 0.3 is 36.8 Å². The Labute approximate surface area is 697 Å². The largest absolute Gasteiger partial charge is 1.00 e. The zero-order valence-corrected chi connectivity index (χ0v) is 67.7. The van der Waals surface area contributed by atoms with Crippen LogP contribution >= 0.6 is 22.7 Å². The quantitative estimate of drug-likeness (QED) is 0.0427. The van der Waals surface area contributed by atoms with Crippen LogP contribution in [0.4, 0.5) is 22.7 Å². The molecule has 0 unspecified atom stereocenters. The van der Waals surface area contributed by atoms with Gasteiger partial charge in [-0.3, -0.25) is 29.0 Å². The van der Waals surface area contributed by atoms with Crippen molar-refractivity contribution in [1.29, 1.82) is 0 Å². The molecule has 0 aliphatic carbocycles. The molecular formula is C89H99LiN12O12S2. The van der Waals surface area contributed by atoms with Crippen LogP contribution in [0.5, 0.6) is 0 Å². The minimum Gasteiger partial charge on any atom is -0.870 e. The third kappa shape index (κ3) is 22.6. The van der Waals surface area contributed by atoms with E-state index in [-0.39, 0.29) is 65.4 Å². The van der Waals surface area contributed by atoms with Crippen LogP contribution in [0.3, 0.4) is 0 Å². The summed E-state index contributed by atoms with van der Waals surface area (Å²) in [6.07, 6.45) is 8.13. The molecule has 2 aromatic heterocycles. The number of methoxy groups -OCH3 is 3. The van der Waals surface area contributed by atoms with Gasteiger partial charge in [0.1, 0.15) is 6.29 Å². The maximum Gasteiger partial charge on any atom is 1.00 e. The predicted molar refractivity (Wildman–Crippen MR) is 448 cm³/mol. The van der Waals surface area contributed by atoms with E-state index in [0.29, 0.717) is 51.9 Å². The minimum atomic E-state index is -0.269. The summed E-state index contributed by atoms with van der Waals surface area (Å²) >= 11 is 2.82. The molecule has 24 nitrogen and oxygen atoms in total. The van der Waals surface area contributed by atoms with E-state index in [2.05, 4.69) is 135 Å². The number of carbonyl (C=O) groups excluding carboxylic acids is 7. The van der Waals surface area contributed by atoms with E-state index < -0.39 is 0 Å². The second-order valence-corrected chi connectivity index (χ2v) is 30.3. The molecule has 27 heteroatoms. The van der Waals surface area contributed by atoms with Crippen molar-refractivity contribution in [2.24, 2.45) is 0 Å². The van der Waals surface area contributed by atoms with Crippen molar-refractivity contribution in [3.05, 3.63) is 294 Å². The number of aldehydes is 1. The normalized spacial score (nSPS) is 15.5. The Balaban J connectivity index is 0.000000154. The van der Waals surface area contributed by atoms with Crippen molar-refractivity contribution < 1.29 is 77.6 Å². The number of hydrogen-bond donors (Lipinski definition) is 2. The number of carbonyl (C=O) groups is 7. The van der Waals surface area contributed by atoms with Gasteiger partial charge in [0, 0.05) is 193 Å². The molecule has 600 valence electrons. The molecule has 4 fully saturated rings. The van der Waals surface area contributed by atoms with E-state index in [9.17, 15) is 33.6 Å². The summed E-state index contributed by atoms with van der Waals surface area (Å²) in [4.78, 5) is 108. The second kappa shape index (κ2) is 43.2. The van der Waals surface area contributed by atoms with Gasteiger partial charge in [0.05, 0.1) is 38.0 Å². The molecule has 10 aromatic rings. The molecule has 10 heterocycles. The van der Waals surface area contributed by atoms with E-state index in [0.717, 1.165) is 160 Å². The Hall–Kier alpha value is -10.9. The number of nitrogens with one attached hydrogen (secondary N) is 2. The summed E-state index contributed by atoms with van der Waals surface area (Å²) in [7, 11) is 4.22. The van der Waals surface area contributed by atoms with Crippen molar-refractivity contribution in [2.45, 2.75) is 57.4 Å². The number of hydrogen-bond acceptors (Lipinski definition) is 22. The van der Waals surface area contributed by atoms with E-state index in [1.807, 2.05) is 116 Å². The van der Waals surface area contributed by atoms with E-state index in [1.54, 1.807) is 30.6 Å². The standard InChI is InChI=1S/C27H29N5O2S.2C17H17NO2.C11H16N4OS.C10H11NO2.C7H6O.Li.2H2O/c33-26(22-6-7-24-21(16-22)8-10-31(24)17-20-4-2-1-3-5-20)32-18-23(19-32)29-11-13-30(14-12-29)27(34)25-28-9-15-35-25;2*1-20-17(19)15-7-8-16-14(11-15)9-10-18(16)12-13-5-3-2-4-6-13;16-11(10-13-1-6-17-10)15-4-2-14(3-5-15)9-7-12-8-9;1-13-10(12)8-2-3-9-7(6-8)4-5-11-9;8-6-7-4-2-1-3-5-7;;;/h1-7,9,15-16,23H,8,10-14,17-19H2;2*2-8,11H,9-10,12H2,1H3;1,6,9,12H,2-5,7-8H2;2-3,6,11H,4-5H2,1H3;1-6H;;2*1H2/q;;;;;;+1;;/p-1. The maximum atomic E-state index is 13.1. The van der Waals surface area contributed by atoms with E-state index >= 15 is 0 Å². The van der Waals surface area contributed by atoms with E-state index in [1.165, 1.54) is 100 Å². The molecule has 18 rings (SSSR count). The third-order valence-corrected chi connectivity index (χ3v) is 23.0. The number of benzene rings is 8. The van der Waals surface area contributed by atoms with Crippen LogP contribution in [-0.2, 0) is 59.5 Å². The molecule has 116 heavy (non-hydrogen) atoms. The predicted octanol–water partition coefficient (Wildman–Crippen LogP) is 7.88. The Morgan fingerprint density at radius 3 is 1.16 bits per heavy atom. The van der Waals surface area contributed by atoms with Gasteiger partial charge in [-0.1, -0.05) is 121 Å². The van der Waals surface area contributed by atoms with Crippen molar-refractivity contribution in [3.63, 3.8) is 0 Å². The van der Waals surface area contributed by atoms with Gasteiger partial charge in [-0.05, 0) is 137 Å². The molecule has 8 aromatic carbocycles. The molecule has 3 amide bonds. The van der Waals surface area contributed by atoms with Gasteiger partial charge in [-0.15, -0.1) is 22.7 Å². The molecule has 0 saturated carbocycles. The monoisotopic (exact) mass is 1600 g/mol. The summed E-state index contributed by atoms with van der Waals surface area (Å²) in [6, 6.07) is 65.0. The average Bonchev–Trinajstić information content (AvgIpc) is 1.39. The molecule has 8 aliphatic heterocycles. The number of ether oxygens (including phenoxy) is 3. The number of piperazine rings is 2. The maximum absolute atomic E-state index is 13.1. The first kappa shape index (κ1) is 87.5. The second-order valence-electron chi connectivity index (χ2n) is 28.6. The van der Waals surface area contributed by atoms with Gasteiger partial charge in [-0.2, -0.15) is 0 Å². The van der Waals surface area contributed by atoms with Crippen LogP contribution < -0.4 is 44.2 Å². The van der Waals surface area contributed by atoms with Crippen LogP contribution in [-0.4, -0.2) is 225 Å². The van der Waals surface area contributed by atoms with Crippen LogP contribution in [0.2, 0.25) is 0 Å². The molecule has 0 radical (unpaired) electrons. The number of amides is 3. The molecule has 0 bridgehead atoms. The average molecular weight is 1600 g/mol. The van der Waals surface area contributed by atoms with Gasteiger partial charge in [-0.25, -0.2) is 24.4 Å². The Morgan fingerprint density at radius 2 is 0.802 bits per heavy atom. The fourth-order valence-corrected chi connectivity index (χ4v) is 16.3. The van der Waals surface area contributed by atoms with Crippen molar-refractivity contribution in [3.8, 4) is 0 Å². The summed E-state index contributed by atoms with van der Waals surface area (Å²) in [5, 5.41) is 11.4. The number of aromatic nitrogens is 2. The molecule has 4 saturated heterocycles. The summed E-state index contributed by atoms with van der Waals surface area (Å²) in [5.74, 6) is -0.558. The molecular weight excluding hydrogens is 1500 g/mol. The van der Waals surface area contributed by atoms with E-state index in [4.69, 9.17) is 9.47 Å². The first-order valence-corrected chi connectivity index (χ1v) is 40.3. The first-order valence-electron chi connectivity index (χ1n) is 38.5. The summed E-state index contributed by atoms with van der Waals surface area (Å²) in [5.41, 5.74) is 17.1. The smallest absolute Gasteiger partial charge is 0.870 e. The van der Waals surface area contributed by atoms with Crippen LogP contribution in [0.25, 0.3) is 0 Å². The molecule has 0 atom stereocenters. The Bertz CT molecular complexity index is 4730. The van der Waals surface area contributed by atoms with Gasteiger partial charge in [0.25, 0.3) is 17.7 Å². The third-order valence-electron chi connectivity index (χ3n) is 21.5. The number of fused-ring (bicyclic) bond motifs is 4. The van der Waals surface area contributed by atoms with Crippen molar-refractivity contribution in [2.75, 3.05) is 146 Å². The van der Waals surface area contributed by atoms with Crippen LogP contribution in [0, 0.1) is 0 Å². The topological polar surface area (TPSA) is 284 Å². The zero-order valence-electron chi connectivity index (χ0n) is 66.1. The van der Waals surface area contributed by atoms with Crippen LogP contribution in [0.1, 0.15) is 110 Å². The fraction of sp³-hybridized carbons (Fsp3) is 0.315. The van der Waals surface area contributed by atoms with Gasteiger partial charge < -0.3 is 65.2 Å². The number of thiazole rings is 2. The minimum absolute atomic E-state index is 0. The van der Waals surface area contributed by atoms with Crippen LogP contribution in [0.15, 0.2) is 217 Å². The van der Waals surface area contributed by atoms with Crippen molar-refractivity contribution >= 4 is 87.3 Å². The van der Waals surface area contributed by atoms with Crippen molar-refractivity contribution in [1.82, 2.24) is 39.8 Å². The number of esters is 3. The number of rotatable bonds is 15. The molecule has 5 N–H and O–H groups in total. The summed E-state index contributed by atoms with van der Waals surface area (Å²) < 4.78 is 14.2. The fourth-order valence-electron chi connectivity index (χ4n) is 15.1. The molecule has 8 aliphatic rings. The number of anilines is 4. The zero-order chi connectivity index (χ0) is 78.4. The SMILES string of the molecule is COC(=O)c1ccc2c(c1)CCN2.COC(=O)c1ccc2c(c1)CCN2Cc1ccccc1.COC(=O)c1ccc2c(c1)CCN2Cc1ccccc1.O.O=C(c1ccc2c(c1)CCN2Cc1ccccc1)N1CC(N2CCN(C(=O)c3nccs3)CC2)C1.O=C(c1nccs1)N1CCN(C2CNC2)CC1.O=Cc1ccccc1.[Li+].[OH-]. The van der Waals surface area contributed by atoms with Gasteiger partial charge in [0.2, 0.25) is 0 Å². The first-order chi connectivity index (χ1) is 55.3. The van der Waals surface area contributed by atoms with Gasteiger partial charge in [0.15, 0.2) is 10.0 Å². The Kier molecular flexibility index (Phi) is 32.6. The number of likely N-dealkylation sites (tertiary alicyclic amines) is 1. The Morgan fingerprint density at radius 1 is 0.431 bits per heavy atom. The number of nitrogens with zero attached hydrogens (tertiary/aromatic N) is 10. The summed E-state index contributed by atoms with van der Waals surface area (Å²) in [6.45, 7) is 17.1. The molecule has 0 spiro atoms.